The third-order valence-corrected chi connectivity index (χ3v) is 14.3. The number of benzene rings is 2. The summed E-state index contributed by atoms with van der Waals surface area (Å²) < 4.78 is 57.5. The first-order valence-electron chi connectivity index (χ1n) is 23.3. The van der Waals surface area contributed by atoms with Crippen molar-refractivity contribution in [2.24, 2.45) is 0 Å². The Balaban J connectivity index is 1.00. The van der Waals surface area contributed by atoms with Crippen molar-refractivity contribution in [2.45, 2.75) is 43.6 Å². The largest absolute Gasteiger partial charge is 0.490 e. The molecule has 1 N–H and O–H groups in total. The molecule has 16 nitrogen and oxygen atoms in total. The van der Waals surface area contributed by atoms with Crippen LogP contribution in [0.2, 0.25) is 0 Å². The maximum Gasteiger partial charge on any atom is 0.345 e. The molecule has 4 aromatic heterocycles. The summed E-state index contributed by atoms with van der Waals surface area (Å²) >= 11 is 15.7. The number of pyridine rings is 1. The summed E-state index contributed by atoms with van der Waals surface area (Å²) in [4.78, 5) is 41.8. The third kappa shape index (κ3) is 11.3. The van der Waals surface area contributed by atoms with Gasteiger partial charge in [0.15, 0.2) is 11.2 Å². The molecule has 1 unspecified atom stereocenters. The lowest BCUT2D eigenvalue weighted by Gasteiger charge is -2.35. The van der Waals surface area contributed by atoms with Crippen LogP contribution in [0.1, 0.15) is 23.7 Å². The maximum atomic E-state index is 14.4. The second-order valence-electron chi connectivity index (χ2n) is 17.5. The molecule has 2 aromatic carbocycles. The van der Waals surface area contributed by atoms with Crippen LogP contribution in [0.5, 0.6) is 23.3 Å². The summed E-state index contributed by atoms with van der Waals surface area (Å²) in [5.74, 6) is 6.63. The van der Waals surface area contributed by atoms with Crippen molar-refractivity contribution in [2.75, 3.05) is 72.8 Å². The fourth-order valence-corrected chi connectivity index (χ4v) is 10.2. The Morgan fingerprint density at radius 1 is 0.958 bits per heavy atom. The molecule has 0 radical (unpaired) electrons. The van der Waals surface area contributed by atoms with E-state index in [1.807, 2.05) is 13.0 Å². The minimum absolute atomic E-state index is 0.00224. The highest BCUT2D eigenvalue weighted by atomic mass is 35.5. The summed E-state index contributed by atoms with van der Waals surface area (Å²) in [5, 5.41) is 10.6. The molecule has 1 aliphatic carbocycles. The van der Waals surface area contributed by atoms with Gasteiger partial charge >= 0.3 is 5.97 Å². The topological polar surface area (TPSA) is 173 Å². The number of carboxylic acid groups (broad SMARTS) is 1. The van der Waals surface area contributed by atoms with E-state index in [4.69, 9.17) is 61.3 Å². The van der Waals surface area contributed by atoms with Crippen LogP contribution in [0.4, 0.5) is 4.39 Å². The molecule has 372 valence electrons. The molecule has 20 heteroatoms. The fraction of sp³-hybridized carbons (Fsp3) is 0.346. The van der Waals surface area contributed by atoms with Gasteiger partial charge < -0.3 is 43.2 Å². The second kappa shape index (κ2) is 22.1. The van der Waals surface area contributed by atoms with Gasteiger partial charge in [0.2, 0.25) is 17.9 Å². The van der Waals surface area contributed by atoms with Crippen LogP contribution in [0.25, 0.3) is 37.6 Å². The van der Waals surface area contributed by atoms with Crippen LogP contribution in [0, 0.1) is 17.7 Å². The molecule has 0 saturated carbocycles. The summed E-state index contributed by atoms with van der Waals surface area (Å²) in [5.41, 5.74) is 3.86. The number of halogens is 3. The lowest BCUT2D eigenvalue weighted by molar-refractivity contribution is -0.145. The number of carbonyl (C=O) groups is 1. The van der Waals surface area contributed by atoms with Crippen molar-refractivity contribution in [3.63, 3.8) is 0 Å². The molecule has 4 atom stereocenters. The maximum absolute atomic E-state index is 14.4. The predicted molar refractivity (Wildman–Crippen MR) is 268 cm³/mol. The Kier molecular flexibility index (Phi) is 15.1. The van der Waals surface area contributed by atoms with Crippen LogP contribution < -0.4 is 18.9 Å². The molecule has 72 heavy (non-hydrogen) atoms. The molecular formula is C52H48Cl2FN7O9S. The Bertz CT molecular complexity index is 3080. The van der Waals surface area contributed by atoms with Crippen molar-refractivity contribution in [1.82, 2.24) is 34.7 Å². The van der Waals surface area contributed by atoms with Gasteiger partial charge in [-0.15, -0.1) is 11.3 Å². The van der Waals surface area contributed by atoms with E-state index in [1.165, 1.54) is 29.8 Å². The monoisotopic (exact) mass is 1040 g/mol. The summed E-state index contributed by atoms with van der Waals surface area (Å²) in [7, 11) is 2.09. The molecule has 3 aliphatic heterocycles. The molecular weight excluding hydrogens is 989 g/mol. The Morgan fingerprint density at radius 3 is 2.57 bits per heavy atom. The first-order chi connectivity index (χ1) is 35.0. The van der Waals surface area contributed by atoms with Gasteiger partial charge in [-0.05, 0) is 67.6 Å². The number of carboxylic acids is 1. The minimum Gasteiger partial charge on any atom is -0.490 e. The third-order valence-electron chi connectivity index (χ3n) is 12.4. The Labute approximate surface area is 428 Å². The number of fused-ring (bicyclic) bond motifs is 4. The van der Waals surface area contributed by atoms with E-state index in [0.717, 1.165) is 26.2 Å². The molecule has 0 spiro atoms. The molecule has 0 amide bonds. The van der Waals surface area contributed by atoms with Crippen molar-refractivity contribution >= 4 is 56.3 Å². The number of piperazine rings is 1. The number of nitrogens with zero attached hydrogens (tertiary/aromatic N) is 7. The fourth-order valence-electron chi connectivity index (χ4n) is 8.55. The molecule has 7 heterocycles. The zero-order chi connectivity index (χ0) is 49.7. The van der Waals surface area contributed by atoms with Gasteiger partial charge in [-0.1, -0.05) is 47.2 Å². The number of thiophene rings is 1. The number of hydrogen-bond acceptors (Lipinski definition) is 16. The number of allylic oxidation sites excluding steroid dienone is 4. The van der Waals surface area contributed by atoms with Crippen LogP contribution in [-0.2, 0) is 32.0 Å². The Hall–Kier alpha value is -6.43. The van der Waals surface area contributed by atoms with Gasteiger partial charge in [0.1, 0.15) is 66.3 Å². The Morgan fingerprint density at radius 2 is 1.79 bits per heavy atom. The highest BCUT2D eigenvalue weighted by Crippen LogP contribution is 2.47. The number of alkyl halides is 1. The second-order valence-corrected chi connectivity index (χ2v) is 19.3. The highest BCUT2D eigenvalue weighted by Gasteiger charge is 2.32. The average Bonchev–Trinajstić information content (AvgIpc) is 3.75. The zero-order valence-corrected chi connectivity index (χ0v) is 41.5. The van der Waals surface area contributed by atoms with Gasteiger partial charge in [-0.2, -0.15) is 0 Å². The van der Waals surface area contributed by atoms with E-state index < -0.39 is 29.4 Å². The van der Waals surface area contributed by atoms with Crippen LogP contribution in [-0.4, -0.2) is 142 Å². The van der Waals surface area contributed by atoms with E-state index in [2.05, 4.69) is 48.6 Å². The number of likely N-dealkylation sites (N-methyl/N-ethyl adjacent to an activating group) is 1. The summed E-state index contributed by atoms with van der Waals surface area (Å²) in [6.45, 7) is 7.62. The average molecular weight is 1040 g/mol. The molecule has 10 rings (SSSR count). The van der Waals surface area contributed by atoms with E-state index in [0.29, 0.717) is 110 Å². The number of rotatable bonds is 11. The summed E-state index contributed by atoms with van der Waals surface area (Å²) in [6.07, 6.45) is 2.15. The summed E-state index contributed by atoms with van der Waals surface area (Å²) in [6, 6.07) is 16.5. The number of aliphatic carboxylic acids is 1. The normalized spacial score (nSPS) is 20.9. The predicted octanol–water partition coefficient (Wildman–Crippen LogP) is 7.67. The quantitative estimate of drug-likeness (QED) is 0.0989. The molecule has 2 fully saturated rings. The SMILES string of the molecule is CC1=C2C#CC(Cl)C(=C1Cl)O[C@H](CN1CCN(C)CC1)COc1ccc(OCc3ccnc(-c4ccc(OC[C@H]5COCCO5)nc4)n3)c(c1)C[C@H](C(=O)O)Oc1ncnc3sc(-c4ccc(F)cc4)c2c13. The van der Waals surface area contributed by atoms with Crippen molar-refractivity contribution in [3.8, 4) is 56.9 Å². The van der Waals surface area contributed by atoms with Crippen molar-refractivity contribution in [3.05, 3.63) is 118 Å². The first kappa shape index (κ1) is 49.2. The smallest absolute Gasteiger partial charge is 0.345 e. The van der Waals surface area contributed by atoms with E-state index in [9.17, 15) is 14.3 Å². The molecule has 6 aromatic rings. The van der Waals surface area contributed by atoms with E-state index in [-0.39, 0.29) is 42.4 Å². The lowest BCUT2D eigenvalue weighted by Crippen LogP contribution is -2.48. The highest BCUT2D eigenvalue weighted by molar-refractivity contribution is 7.22. The van der Waals surface area contributed by atoms with Gasteiger partial charge in [0, 0.05) is 84.7 Å². The van der Waals surface area contributed by atoms with Gasteiger partial charge in [0.25, 0.3) is 0 Å². The standard InChI is InChI=1S/C52H48Cl2FN7O9S/c1-30-39-9-10-40(53)47(46(30)54)70-37(24-62-17-15-61(2)16-18-62)27-67-36-8-11-41(68-25-35-13-14-56-49(60-35)32-5-12-43(57-23-32)69-28-38-26-65-19-20-66-38)33(21-36)22-42(52(63)64)71-50-45-44(39)48(72-51(45)59-29-58-50)31-3-6-34(55)7-4-31/h3-8,11-14,21,23,29,37-38,40,42H,15-20,22,24-28H2,1-2H3,(H,63,64)/t37-,38-,40?,42-/m1/s1. The van der Waals surface area contributed by atoms with E-state index in [1.54, 1.807) is 54.9 Å². The van der Waals surface area contributed by atoms with Crippen LogP contribution in [0.3, 0.4) is 0 Å². The zero-order valence-electron chi connectivity index (χ0n) is 39.2. The van der Waals surface area contributed by atoms with Crippen molar-refractivity contribution < 1.29 is 47.4 Å². The van der Waals surface area contributed by atoms with Crippen LogP contribution in [0.15, 0.2) is 95.7 Å². The lowest BCUT2D eigenvalue weighted by atomic mass is 9.96. The minimum atomic E-state index is -1.50. The van der Waals surface area contributed by atoms with E-state index >= 15 is 0 Å². The number of aromatic nitrogens is 5. The number of hydrogen-bond donors (Lipinski definition) is 1. The van der Waals surface area contributed by atoms with Crippen LogP contribution >= 0.6 is 34.5 Å². The van der Waals surface area contributed by atoms with Crippen molar-refractivity contribution in [1.29, 1.82) is 0 Å². The molecule has 2 saturated heterocycles. The molecule has 4 bridgehead atoms. The first-order valence-corrected chi connectivity index (χ1v) is 24.9. The van der Waals surface area contributed by atoms with Gasteiger partial charge in [-0.3, -0.25) is 4.90 Å². The van der Waals surface area contributed by atoms with Gasteiger partial charge in [-0.25, -0.2) is 34.1 Å². The van der Waals surface area contributed by atoms with Gasteiger partial charge in [0.05, 0.1) is 35.9 Å². The molecule has 4 aliphatic rings. The number of ether oxygens (including phenoxy) is 7.